The molecule has 1 aromatic rings. The van der Waals surface area contributed by atoms with E-state index >= 15 is 0 Å². The second-order valence-electron chi connectivity index (χ2n) is 6.82. The second kappa shape index (κ2) is 9.44. The van der Waals surface area contributed by atoms with Crippen molar-refractivity contribution in [2.75, 3.05) is 19.0 Å². The number of benzene rings is 1. The summed E-state index contributed by atoms with van der Waals surface area (Å²) < 4.78 is 32.3. The zero-order valence-electron chi connectivity index (χ0n) is 16.1. The maximum atomic E-state index is 13.9. The van der Waals surface area contributed by atoms with E-state index in [4.69, 9.17) is 4.74 Å². The number of aliphatic imine (C=N–C) groups is 1. The molecule has 0 spiro atoms. The van der Waals surface area contributed by atoms with Gasteiger partial charge in [-0.2, -0.15) is 0 Å². The van der Waals surface area contributed by atoms with Gasteiger partial charge < -0.3 is 9.64 Å². The zero-order chi connectivity index (χ0) is 20.1. The molecular formula is C20H25BrF2N2O2. The Morgan fingerprint density at radius 3 is 2.63 bits per heavy atom. The van der Waals surface area contributed by atoms with Gasteiger partial charge in [0.1, 0.15) is 5.84 Å². The Hall–Kier alpha value is -1.76. The van der Waals surface area contributed by atoms with Crippen molar-refractivity contribution in [3.05, 3.63) is 46.7 Å². The average Bonchev–Trinajstić information content (AvgIpc) is 2.64. The molecule has 0 saturated heterocycles. The van der Waals surface area contributed by atoms with E-state index in [2.05, 4.69) is 27.8 Å². The van der Waals surface area contributed by atoms with Crippen molar-refractivity contribution in [1.29, 1.82) is 0 Å². The molecule has 2 atom stereocenters. The number of amidine groups is 1. The first kappa shape index (κ1) is 21.5. The molecule has 7 heteroatoms. The molecule has 27 heavy (non-hydrogen) atoms. The first-order valence-electron chi connectivity index (χ1n) is 8.92. The van der Waals surface area contributed by atoms with Crippen LogP contribution in [0.4, 0.5) is 8.78 Å². The number of carbonyl (C=O) groups excluding carboxylic acids is 1. The first-order chi connectivity index (χ1) is 12.8. The molecule has 1 aliphatic rings. The Morgan fingerprint density at radius 2 is 2.04 bits per heavy atom. The lowest BCUT2D eigenvalue weighted by Crippen LogP contribution is -2.40. The Kier molecular flexibility index (Phi) is 7.53. The maximum absolute atomic E-state index is 13.9. The van der Waals surface area contributed by atoms with Crippen molar-refractivity contribution >= 4 is 27.7 Å². The lowest BCUT2D eigenvalue weighted by molar-refractivity contribution is -0.136. The van der Waals surface area contributed by atoms with Crippen LogP contribution in [0.25, 0.3) is 0 Å². The third kappa shape index (κ3) is 4.94. The first-order valence-corrected chi connectivity index (χ1v) is 10.0. The molecule has 0 aliphatic carbocycles. The van der Waals surface area contributed by atoms with Crippen LogP contribution in [0.2, 0.25) is 0 Å². The molecule has 1 heterocycles. The van der Waals surface area contributed by atoms with Gasteiger partial charge in [-0.3, -0.25) is 0 Å². The molecule has 1 aromatic carbocycles. The van der Waals surface area contributed by atoms with Gasteiger partial charge in [-0.15, -0.1) is 0 Å². The minimum atomic E-state index is -0.942. The number of methoxy groups -OCH3 is 1. The molecule has 0 bridgehead atoms. The van der Waals surface area contributed by atoms with Crippen LogP contribution >= 0.6 is 15.9 Å². The SMILES string of the molecule is COC(=O)C1=C(C)N=C(C)N(CCC[C@H](C)CBr)[C@H]1c1ccc(F)c(F)c1. The molecule has 0 unspecified atom stereocenters. The maximum Gasteiger partial charge on any atom is 0.338 e. The highest BCUT2D eigenvalue weighted by molar-refractivity contribution is 9.09. The van der Waals surface area contributed by atoms with Gasteiger partial charge in [0, 0.05) is 11.9 Å². The molecule has 0 saturated carbocycles. The van der Waals surface area contributed by atoms with Gasteiger partial charge in [-0.25, -0.2) is 18.6 Å². The normalized spacial score (nSPS) is 18.4. The van der Waals surface area contributed by atoms with E-state index in [9.17, 15) is 13.6 Å². The van der Waals surface area contributed by atoms with E-state index < -0.39 is 23.6 Å². The number of hydrogen-bond acceptors (Lipinski definition) is 4. The van der Waals surface area contributed by atoms with E-state index in [1.807, 2.05) is 11.8 Å². The average molecular weight is 443 g/mol. The quantitative estimate of drug-likeness (QED) is 0.440. The van der Waals surface area contributed by atoms with E-state index in [1.54, 1.807) is 6.92 Å². The van der Waals surface area contributed by atoms with Crippen LogP contribution in [0, 0.1) is 17.6 Å². The van der Waals surface area contributed by atoms with E-state index in [1.165, 1.54) is 13.2 Å². The summed E-state index contributed by atoms with van der Waals surface area (Å²) in [6.45, 7) is 6.39. The molecule has 0 aromatic heterocycles. The number of ether oxygens (including phenoxy) is 1. The molecule has 0 N–H and O–H groups in total. The molecule has 0 fully saturated rings. The van der Waals surface area contributed by atoms with Crippen LogP contribution < -0.4 is 0 Å². The Balaban J connectivity index is 2.44. The van der Waals surface area contributed by atoms with Crippen LogP contribution in [-0.4, -0.2) is 35.7 Å². The van der Waals surface area contributed by atoms with Crippen molar-refractivity contribution in [3.8, 4) is 0 Å². The van der Waals surface area contributed by atoms with Crippen molar-refractivity contribution in [1.82, 2.24) is 4.90 Å². The summed E-state index contributed by atoms with van der Waals surface area (Å²) in [5.74, 6) is -1.12. The number of nitrogens with zero attached hydrogens (tertiary/aromatic N) is 2. The molecule has 2 rings (SSSR count). The standard InChI is InChI=1S/C20H25BrF2N2O2/c1-12(11-21)6-5-9-25-14(3)24-13(2)18(20(26)27-4)19(25)15-7-8-16(22)17(23)10-15/h7-8,10,12,19H,5-6,9,11H2,1-4H3/t12-,19-/m0/s1. The highest BCUT2D eigenvalue weighted by Gasteiger charge is 2.35. The topological polar surface area (TPSA) is 41.9 Å². The predicted octanol–water partition coefficient (Wildman–Crippen LogP) is 5.00. The fourth-order valence-electron chi connectivity index (χ4n) is 3.28. The Labute approximate surface area is 167 Å². The Morgan fingerprint density at radius 1 is 1.33 bits per heavy atom. The minimum Gasteiger partial charge on any atom is -0.466 e. The molecule has 1 aliphatic heterocycles. The van der Waals surface area contributed by atoms with Crippen LogP contribution in [-0.2, 0) is 9.53 Å². The van der Waals surface area contributed by atoms with Gasteiger partial charge in [0.05, 0.1) is 24.4 Å². The van der Waals surface area contributed by atoms with Crippen molar-refractivity contribution < 1.29 is 18.3 Å². The van der Waals surface area contributed by atoms with Gasteiger partial charge in [0.15, 0.2) is 11.6 Å². The summed E-state index contributed by atoms with van der Waals surface area (Å²) in [5.41, 5.74) is 1.37. The summed E-state index contributed by atoms with van der Waals surface area (Å²) >= 11 is 3.48. The number of hydrogen-bond donors (Lipinski definition) is 0. The number of halogens is 3. The third-order valence-electron chi connectivity index (χ3n) is 4.74. The fraction of sp³-hybridized carbons (Fsp3) is 0.500. The number of carbonyl (C=O) groups is 1. The highest BCUT2D eigenvalue weighted by Crippen LogP contribution is 2.36. The molecule has 148 valence electrons. The minimum absolute atomic E-state index is 0.350. The monoisotopic (exact) mass is 442 g/mol. The lowest BCUT2D eigenvalue weighted by Gasteiger charge is -2.38. The van der Waals surface area contributed by atoms with E-state index in [0.717, 1.165) is 36.1 Å². The Bertz CT molecular complexity index is 764. The van der Waals surface area contributed by atoms with Crippen molar-refractivity contribution in [2.45, 2.75) is 39.7 Å². The summed E-state index contributed by atoms with van der Waals surface area (Å²) in [7, 11) is 1.30. The van der Waals surface area contributed by atoms with Crippen LogP contribution in [0.1, 0.15) is 45.2 Å². The van der Waals surface area contributed by atoms with Crippen LogP contribution in [0.15, 0.2) is 34.5 Å². The van der Waals surface area contributed by atoms with E-state index in [0.29, 0.717) is 29.3 Å². The fourth-order valence-corrected chi connectivity index (χ4v) is 3.61. The molecule has 0 amide bonds. The van der Waals surface area contributed by atoms with E-state index in [-0.39, 0.29) is 0 Å². The summed E-state index contributed by atoms with van der Waals surface area (Å²) in [5, 5.41) is 0.916. The smallest absolute Gasteiger partial charge is 0.338 e. The van der Waals surface area contributed by atoms with Crippen LogP contribution in [0.3, 0.4) is 0 Å². The van der Waals surface area contributed by atoms with Crippen molar-refractivity contribution in [2.24, 2.45) is 10.9 Å². The molecule has 0 radical (unpaired) electrons. The number of allylic oxidation sites excluding steroid dienone is 1. The third-order valence-corrected chi connectivity index (χ3v) is 5.85. The molecular weight excluding hydrogens is 418 g/mol. The van der Waals surface area contributed by atoms with Gasteiger partial charge in [0.2, 0.25) is 0 Å². The van der Waals surface area contributed by atoms with Gasteiger partial charge in [-0.1, -0.05) is 28.9 Å². The van der Waals surface area contributed by atoms with Crippen molar-refractivity contribution in [3.63, 3.8) is 0 Å². The highest BCUT2D eigenvalue weighted by atomic mass is 79.9. The van der Waals surface area contributed by atoms with Gasteiger partial charge >= 0.3 is 5.97 Å². The lowest BCUT2D eigenvalue weighted by atomic mass is 9.93. The number of alkyl halides is 1. The summed E-state index contributed by atoms with van der Waals surface area (Å²) in [6, 6.07) is 3.17. The number of esters is 1. The summed E-state index contributed by atoms with van der Waals surface area (Å²) in [6.07, 6.45) is 1.88. The largest absolute Gasteiger partial charge is 0.466 e. The zero-order valence-corrected chi connectivity index (χ0v) is 17.6. The summed E-state index contributed by atoms with van der Waals surface area (Å²) in [4.78, 5) is 18.9. The van der Waals surface area contributed by atoms with Gasteiger partial charge in [-0.05, 0) is 50.3 Å². The molecule has 4 nitrogen and oxygen atoms in total. The number of rotatable bonds is 7. The predicted molar refractivity (Wildman–Crippen MR) is 106 cm³/mol. The van der Waals surface area contributed by atoms with Crippen LogP contribution in [0.5, 0.6) is 0 Å². The second-order valence-corrected chi connectivity index (χ2v) is 7.47. The van der Waals surface area contributed by atoms with Gasteiger partial charge in [0.25, 0.3) is 0 Å².